The first kappa shape index (κ1) is 13.9. The minimum absolute atomic E-state index is 0.680. The van der Waals surface area contributed by atoms with Crippen molar-refractivity contribution in [1.82, 2.24) is 5.16 Å². The minimum Gasteiger partial charge on any atom is -0.493 e. The Morgan fingerprint density at radius 3 is 2.61 bits per heavy atom. The highest BCUT2D eigenvalue weighted by Crippen LogP contribution is 2.42. The predicted octanol–water partition coefficient (Wildman–Crippen LogP) is 4.12. The quantitative estimate of drug-likeness (QED) is 0.730. The summed E-state index contributed by atoms with van der Waals surface area (Å²) in [6.07, 6.45) is 1.91. The average molecular weight is 307 g/mol. The Bertz CT molecular complexity index is 867. The second kappa shape index (κ2) is 5.47. The van der Waals surface area contributed by atoms with E-state index >= 15 is 0 Å². The largest absolute Gasteiger partial charge is 0.493 e. The first-order valence-corrected chi connectivity index (χ1v) is 7.61. The number of nitrogens with zero attached hydrogens (tertiary/aromatic N) is 1. The Hall–Kier alpha value is -2.75. The average Bonchev–Trinajstić information content (AvgIpc) is 3.05. The van der Waals surface area contributed by atoms with Crippen LogP contribution in [0.2, 0.25) is 0 Å². The van der Waals surface area contributed by atoms with Crippen LogP contribution in [0.5, 0.6) is 11.5 Å². The molecule has 23 heavy (non-hydrogen) atoms. The molecule has 0 amide bonds. The molecule has 0 unspecified atom stereocenters. The summed E-state index contributed by atoms with van der Waals surface area (Å²) in [6, 6.07) is 14.2. The van der Waals surface area contributed by atoms with Gasteiger partial charge in [-0.15, -0.1) is 0 Å². The van der Waals surface area contributed by atoms with Gasteiger partial charge in [0.1, 0.15) is 0 Å². The number of hydrogen-bond donors (Lipinski definition) is 0. The molecule has 0 bridgehead atoms. The highest BCUT2D eigenvalue weighted by Gasteiger charge is 2.25. The van der Waals surface area contributed by atoms with Gasteiger partial charge in [-0.3, -0.25) is 0 Å². The molecule has 0 radical (unpaired) electrons. The zero-order valence-electron chi connectivity index (χ0n) is 13.1. The van der Waals surface area contributed by atoms with Gasteiger partial charge in [-0.25, -0.2) is 0 Å². The lowest BCUT2D eigenvalue weighted by atomic mass is 9.87. The van der Waals surface area contributed by atoms with Gasteiger partial charge in [0.25, 0.3) is 0 Å². The molecule has 4 heteroatoms. The van der Waals surface area contributed by atoms with E-state index in [1.54, 1.807) is 14.2 Å². The molecule has 0 N–H and O–H groups in total. The van der Waals surface area contributed by atoms with E-state index in [-0.39, 0.29) is 0 Å². The molecule has 1 aliphatic carbocycles. The molecule has 0 spiro atoms. The Morgan fingerprint density at radius 2 is 1.78 bits per heavy atom. The van der Waals surface area contributed by atoms with E-state index in [1.807, 2.05) is 18.2 Å². The second-order valence-corrected chi connectivity index (χ2v) is 5.56. The van der Waals surface area contributed by atoms with E-state index in [0.717, 1.165) is 35.4 Å². The molecule has 1 heterocycles. The highest BCUT2D eigenvalue weighted by molar-refractivity contribution is 5.84. The smallest absolute Gasteiger partial charge is 0.175 e. The van der Waals surface area contributed by atoms with E-state index in [2.05, 4.69) is 29.4 Å². The fourth-order valence-electron chi connectivity index (χ4n) is 3.18. The van der Waals surface area contributed by atoms with Gasteiger partial charge in [0.15, 0.2) is 17.3 Å². The number of fused-ring (bicyclic) bond motifs is 3. The third-order valence-corrected chi connectivity index (χ3v) is 4.33. The number of hydrogen-bond acceptors (Lipinski definition) is 4. The van der Waals surface area contributed by atoms with Crippen LogP contribution in [0.3, 0.4) is 0 Å². The van der Waals surface area contributed by atoms with Crippen LogP contribution in [-0.4, -0.2) is 19.4 Å². The Balaban J connectivity index is 1.89. The third kappa shape index (κ3) is 2.18. The van der Waals surface area contributed by atoms with Crippen LogP contribution in [0.25, 0.3) is 22.5 Å². The number of rotatable bonds is 3. The standard InChI is InChI=1S/C19H17NO3/c1-21-16-10-8-13(11-17(16)22-2)19-18-14-6-4-3-5-12(14)7-9-15(18)20-23-19/h3-6,8,10-11H,7,9H2,1-2H3. The van der Waals surface area contributed by atoms with Crippen LogP contribution in [0.1, 0.15) is 11.3 Å². The zero-order chi connectivity index (χ0) is 15.8. The summed E-state index contributed by atoms with van der Waals surface area (Å²) >= 11 is 0. The molecule has 0 fully saturated rings. The van der Waals surface area contributed by atoms with Crippen molar-refractivity contribution in [3.05, 3.63) is 53.7 Å². The van der Waals surface area contributed by atoms with Crippen molar-refractivity contribution in [2.24, 2.45) is 0 Å². The summed E-state index contributed by atoms with van der Waals surface area (Å²) in [5, 5.41) is 4.28. The van der Waals surface area contributed by atoms with E-state index in [0.29, 0.717) is 11.5 Å². The van der Waals surface area contributed by atoms with Crippen molar-refractivity contribution in [2.75, 3.05) is 14.2 Å². The number of ether oxygens (including phenoxy) is 2. The van der Waals surface area contributed by atoms with E-state index in [1.165, 1.54) is 11.1 Å². The molecular formula is C19H17NO3. The first-order chi connectivity index (χ1) is 11.3. The highest BCUT2D eigenvalue weighted by atomic mass is 16.5. The van der Waals surface area contributed by atoms with Crippen molar-refractivity contribution in [3.8, 4) is 33.9 Å². The number of methoxy groups -OCH3 is 2. The Labute approximate surface area is 134 Å². The van der Waals surface area contributed by atoms with Gasteiger partial charge in [-0.1, -0.05) is 29.4 Å². The second-order valence-electron chi connectivity index (χ2n) is 5.56. The summed E-state index contributed by atoms with van der Waals surface area (Å²) in [5.74, 6) is 2.16. The summed E-state index contributed by atoms with van der Waals surface area (Å²) in [5.41, 5.74) is 5.60. The van der Waals surface area contributed by atoms with Gasteiger partial charge in [0.2, 0.25) is 0 Å². The lowest BCUT2D eigenvalue weighted by Crippen LogP contribution is -2.03. The fraction of sp³-hybridized carbons (Fsp3) is 0.211. The summed E-state index contributed by atoms with van der Waals surface area (Å²) < 4.78 is 16.4. The maximum absolute atomic E-state index is 5.69. The van der Waals surface area contributed by atoms with Crippen molar-refractivity contribution in [1.29, 1.82) is 0 Å². The molecule has 0 saturated carbocycles. The molecule has 4 rings (SSSR count). The van der Waals surface area contributed by atoms with E-state index in [4.69, 9.17) is 14.0 Å². The molecule has 1 aliphatic rings. The maximum Gasteiger partial charge on any atom is 0.175 e. The Morgan fingerprint density at radius 1 is 0.957 bits per heavy atom. The number of benzene rings is 2. The van der Waals surface area contributed by atoms with Gasteiger partial charge in [0, 0.05) is 5.56 Å². The molecule has 2 aromatic carbocycles. The summed E-state index contributed by atoms with van der Waals surface area (Å²) in [6.45, 7) is 0. The Kier molecular flexibility index (Phi) is 3.30. The molecule has 0 saturated heterocycles. The van der Waals surface area contributed by atoms with Crippen molar-refractivity contribution in [2.45, 2.75) is 12.8 Å². The lowest BCUT2D eigenvalue weighted by molar-refractivity contribution is 0.355. The van der Waals surface area contributed by atoms with Crippen LogP contribution in [0.4, 0.5) is 0 Å². The monoisotopic (exact) mass is 307 g/mol. The number of aryl methyl sites for hydroxylation is 2. The molecule has 3 aromatic rings. The molecular weight excluding hydrogens is 290 g/mol. The van der Waals surface area contributed by atoms with Gasteiger partial charge in [-0.05, 0) is 42.2 Å². The third-order valence-electron chi connectivity index (χ3n) is 4.33. The predicted molar refractivity (Wildman–Crippen MR) is 87.9 cm³/mol. The SMILES string of the molecule is COc1ccc(-c2onc3c2-c2ccccc2CC3)cc1OC. The van der Waals surface area contributed by atoms with Crippen LogP contribution < -0.4 is 9.47 Å². The molecule has 0 atom stereocenters. The van der Waals surface area contributed by atoms with Crippen LogP contribution in [0, 0.1) is 0 Å². The van der Waals surface area contributed by atoms with E-state index < -0.39 is 0 Å². The normalized spacial score (nSPS) is 12.4. The van der Waals surface area contributed by atoms with Crippen LogP contribution >= 0.6 is 0 Å². The van der Waals surface area contributed by atoms with Crippen LogP contribution in [-0.2, 0) is 12.8 Å². The van der Waals surface area contributed by atoms with Gasteiger partial charge < -0.3 is 14.0 Å². The molecule has 0 aliphatic heterocycles. The zero-order valence-corrected chi connectivity index (χ0v) is 13.1. The van der Waals surface area contributed by atoms with Crippen molar-refractivity contribution < 1.29 is 14.0 Å². The minimum atomic E-state index is 0.680. The van der Waals surface area contributed by atoms with Gasteiger partial charge in [0.05, 0.1) is 25.5 Å². The van der Waals surface area contributed by atoms with Crippen molar-refractivity contribution >= 4 is 0 Å². The summed E-state index contributed by atoms with van der Waals surface area (Å²) in [4.78, 5) is 0. The lowest BCUT2D eigenvalue weighted by Gasteiger charge is -2.15. The molecule has 1 aromatic heterocycles. The number of aromatic nitrogens is 1. The molecule has 116 valence electrons. The first-order valence-electron chi connectivity index (χ1n) is 7.61. The fourth-order valence-corrected chi connectivity index (χ4v) is 3.18. The summed E-state index contributed by atoms with van der Waals surface area (Å²) in [7, 11) is 3.26. The van der Waals surface area contributed by atoms with E-state index in [9.17, 15) is 0 Å². The topological polar surface area (TPSA) is 44.5 Å². The van der Waals surface area contributed by atoms with Crippen molar-refractivity contribution in [3.63, 3.8) is 0 Å². The van der Waals surface area contributed by atoms with Gasteiger partial charge in [-0.2, -0.15) is 0 Å². The van der Waals surface area contributed by atoms with Crippen LogP contribution in [0.15, 0.2) is 47.0 Å². The maximum atomic E-state index is 5.69. The molecule has 4 nitrogen and oxygen atoms in total. The van der Waals surface area contributed by atoms with Gasteiger partial charge >= 0.3 is 0 Å².